The maximum absolute atomic E-state index is 10.7. The lowest BCUT2D eigenvalue weighted by atomic mass is 10.2. The van der Waals surface area contributed by atoms with Crippen molar-refractivity contribution in [1.82, 2.24) is 4.90 Å². The van der Waals surface area contributed by atoms with E-state index in [2.05, 4.69) is 0 Å². The molecule has 2 aromatic carbocycles. The van der Waals surface area contributed by atoms with E-state index < -0.39 is 6.09 Å². The second-order valence-electron chi connectivity index (χ2n) is 4.20. The highest BCUT2D eigenvalue weighted by Gasteiger charge is 2.06. The molecule has 1 amide bonds. The average Bonchev–Trinajstić information content (AvgIpc) is 2.42. The number of hydrogen-bond donors (Lipinski definition) is 1. The summed E-state index contributed by atoms with van der Waals surface area (Å²) in [6.07, 6.45) is -0.940. The SMILES string of the molecule is CN(Cc1ccc(Oc2ccccc2)cc1)C(=O)O. The second-order valence-corrected chi connectivity index (χ2v) is 4.20. The van der Waals surface area contributed by atoms with Crippen LogP contribution in [0, 0.1) is 0 Å². The number of hydrogen-bond acceptors (Lipinski definition) is 2. The molecule has 4 heteroatoms. The lowest BCUT2D eigenvalue weighted by Crippen LogP contribution is -2.23. The number of rotatable bonds is 4. The largest absolute Gasteiger partial charge is 0.465 e. The first kappa shape index (κ1) is 13.0. The average molecular weight is 257 g/mol. The number of nitrogens with zero attached hydrogens (tertiary/aromatic N) is 1. The Hall–Kier alpha value is -2.49. The van der Waals surface area contributed by atoms with Gasteiger partial charge in [-0.3, -0.25) is 0 Å². The van der Waals surface area contributed by atoms with E-state index in [0.29, 0.717) is 6.54 Å². The van der Waals surface area contributed by atoms with Gasteiger partial charge in [-0.15, -0.1) is 0 Å². The molecular formula is C15H15NO3. The molecule has 2 aromatic rings. The first-order chi connectivity index (χ1) is 9.15. The number of para-hydroxylation sites is 1. The van der Waals surface area contributed by atoms with Crippen LogP contribution >= 0.6 is 0 Å². The van der Waals surface area contributed by atoms with Gasteiger partial charge in [0.1, 0.15) is 11.5 Å². The van der Waals surface area contributed by atoms with Gasteiger partial charge < -0.3 is 14.7 Å². The molecule has 0 aliphatic rings. The highest BCUT2D eigenvalue weighted by atomic mass is 16.5. The fourth-order valence-corrected chi connectivity index (χ4v) is 1.63. The molecule has 0 aromatic heterocycles. The summed E-state index contributed by atoms with van der Waals surface area (Å²) in [5.41, 5.74) is 0.922. The summed E-state index contributed by atoms with van der Waals surface area (Å²) in [5.74, 6) is 1.51. The van der Waals surface area contributed by atoms with Crippen LogP contribution in [0.1, 0.15) is 5.56 Å². The molecule has 0 fully saturated rings. The Balaban J connectivity index is 2.01. The molecule has 19 heavy (non-hydrogen) atoms. The van der Waals surface area contributed by atoms with E-state index in [9.17, 15) is 4.79 Å². The molecule has 0 atom stereocenters. The van der Waals surface area contributed by atoms with E-state index in [0.717, 1.165) is 17.1 Å². The Labute approximate surface area is 111 Å². The number of ether oxygens (including phenoxy) is 1. The minimum absolute atomic E-state index is 0.362. The monoisotopic (exact) mass is 257 g/mol. The molecule has 0 aliphatic heterocycles. The van der Waals surface area contributed by atoms with Gasteiger partial charge >= 0.3 is 6.09 Å². The Bertz CT molecular complexity index is 537. The summed E-state index contributed by atoms with van der Waals surface area (Å²) in [4.78, 5) is 11.9. The van der Waals surface area contributed by atoms with Crippen molar-refractivity contribution in [2.24, 2.45) is 0 Å². The normalized spacial score (nSPS) is 9.95. The van der Waals surface area contributed by atoms with E-state index >= 15 is 0 Å². The molecular weight excluding hydrogens is 242 g/mol. The number of carboxylic acid groups (broad SMARTS) is 1. The summed E-state index contributed by atoms with van der Waals surface area (Å²) in [6.45, 7) is 0.362. The van der Waals surface area contributed by atoms with E-state index in [1.165, 1.54) is 11.9 Å². The van der Waals surface area contributed by atoms with Crippen LogP contribution in [-0.4, -0.2) is 23.1 Å². The molecule has 0 bridgehead atoms. The molecule has 4 nitrogen and oxygen atoms in total. The Kier molecular flexibility index (Phi) is 4.03. The maximum Gasteiger partial charge on any atom is 0.407 e. The van der Waals surface area contributed by atoms with Crippen molar-refractivity contribution in [1.29, 1.82) is 0 Å². The maximum atomic E-state index is 10.7. The Morgan fingerprint density at radius 1 is 1.05 bits per heavy atom. The predicted molar refractivity (Wildman–Crippen MR) is 72.4 cm³/mol. The fourth-order valence-electron chi connectivity index (χ4n) is 1.63. The minimum Gasteiger partial charge on any atom is -0.465 e. The standard InChI is InChI=1S/C15H15NO3/c1-16(15(17)18)11-12-7-9-14(10-8-12)19-13-5-3-2-4-6-13/h2-10H,11H2,1H3,(H,17,18). The van der Waals surface area contributed by atoms with Crippen molar-refractivity contribution in [2.75, 3.05) is 7.05 Å². The molecule has 0 radical (unpaired) electrons. The first-order valence-electron chi connectivity index (χ1n) is 5.91. The lowest BCUT2D eigenvalue weighted by Gasteiger charge is -2.13. The van der Waals surface area contributed by atoms with Gasteiger partial charge in [-0.2, -0.15) is 0 Å². The van der Waals surface area contributed by atoms with Crippen LogP contribution in [-0.2, 0) is 6.54 Å². The van der Waals surface area contributed by atoms with Gasteiger partial charge in [0.05, 0.1) is 0 Å². The van der Waals surface area contributed by atoms with Crippen LogP contribution in [0.25, 0.3) is 0 Å². The van der Waals surface area contributed by atoms with Crippen LogP contribution in [0.3, 0.4) is 0 Å². The quantitative estimate of drug-likeness (QED) is 0.910. The van der Waals surface area contributed by atoms with Crippen LogP contribution in [0.4, 0.5) is 4.79 Å². The molecule has 0 heterocycles. The molecule has 2 rings (SSSR count). The summed E-state index contributed by atoms with van der Waals surface area (Å²) in [5, 5.41) is 8.79. The third-order valence-corrected chi connectivity index (χ3v) is 2.65. The first-order valence-corrected chi connectivity index (χ1v) is 5.91. The highest BCUT2D eigenvalue weighted by Crippen LogP contribution is 2.21. The lowest BCUT2D eigenvalue weighted by molar-refractivity contribution is 0.154. The van der Waals surface area contributed by atoms with Crippen LogP contribution in [0.5, 0.6) is 11.5 Å². The molecule has 0 saturated heterocycles. The zero-order valence-electron chi connectivity index (χ0n) is 10.6. The van der Waals surface area contributed by atoms with Crippen molar-refractivity contribution in [3.8, 4) is 11.5 Å². The van der Waals surface area contributed by atoms with Crippen LogP contribution < -0.4 is 4.74 Å². The third kappa shape index (κ3) is 3.74. The molecule has 1 N–H and O–H groups in total. The molecule has 98 valence electrons. The molecule has 0 saturated carbocycles. The zero-order chi connectivity index (χ0) is 13.7. The van der Waals surface area contributed by atoms with Gasteiger partial charge in [0.25, 0.3) is 0 Å². The summed E-state index contributed by atoms with van der Waals surface area (Å²) in [7, 11) is 1.54. The summed E-state index contributed by atoms with van der Waals surface area (Å²) < 4.78 is 5.66. The third-order valence-electron chi connectivity index (χ3n) is 2.65. The van der Waals surface area contributed by atoms with Gasteiger partial charge in [-0.1, -0.05) is 30.3 Å². The zero-order valence-corrected chi connectivity index (χ0v) is 10.6. The van der Waals surface area contributed by atoms with Crippen molar-refractivity contribution < 1.29 is 14.6 Å². The molecule has 0 unspecified atom stereocenters. The van der Waals surface area contributed by atoms with Crippen LogP contribution in [0.2, 0.25) is 0 Å². The topological polar surface area (TPSA) is 49.8 Å². The summed E-state index contributed by atoms with van der Waals surface area (Å²) in [6, 6.07) is 16.9. The smallest absolute Gasteiger partial charge is 0.407 e. The molecule has 0 spiro atoms. The Morgan fingerprint density at radius 2 is 1.63 bits per heavy atom. The number of amides is 1. The van der Waals surface area contributed by atoms with E-state index in [4.69, 9.17) is 9.84 Å². The van der Waals surface area contributed by atoms with Gasteiger partial charge in [0.2, 0.25) is 0 Å². The van der Waals surface area contributed by atoms with Gasteiger partial charge in [-0.25, -0.2) is 4.79 Å². The fraction of sp³-hybridized carbons (Fsp3) is 0.133. The van der Waals surface area contributed by atoms with Gasteiger partial charge in [0, 0.05) is 13.6 Å². The highest BCUT2D eigenvalue weighted by molar-refractivity contribution is 5.64. The van der Waals surface area contributed by atoms with E-state index in [-0.39, 0.29) is 0 Å². The van der Waals surface area contributed by atoms with Crippen molar-refractivity contribution in [3.05, 3.63) is 60.2 Å². The van der Waals surface area contributed by atoms with Gasteiger partial charge in [-0.05, 0) is 29.8 Å². The van der Waals surface area contributed by atoms with E-state index in [1.54, 1.807) is 0 Å². The van der Waals surface area contributed by atoms with Crippen molar-refractivity contribution in [3.63, 3.8) is 0 Å². The van der Waals surface area contributed by atoms with Crippen LogP contribution in [0.15, 0.2) is 54.6 Å². The summed E-state index contributed by atoms with van der Waals surface area (Å²) >= 11 is 0. The van der Waals surface area contributed by atoms with Crippen molar-refractivity contribution >= 4 is 6.09 Å². The Morgan fingerprint density at radius 3 is 2.21 bits per heavy atom. The second kappa shape index (κ2) is 5.91. The van der Waals surface area contributed by atoms with Gasteiger partial charge in [0.15, 0.2) is 0 Å². The minimum atomic E-state index is -0.940. The molecule has 0 aliphatic carbocycles. The van der Waals surface area contributed by atoms with Crippen molar-refractivity contribution in [2.45, 2.75) is 6.54 Å². The predicted octanol–water partition coefficient (Wildman–Crippen LogP) is 3.59. The number of carbonyl (C=O) groups is 1. The van der Waals surface area contributed by atoms with E-state index in [1.807, 2.05) is 54.6 Å². The number of benzene rings is 2.